The highest BCUT2D eigenvalue weighted by Gasteiger charge is 2.38. The maximum atomic E-state index is 12.8. The normalized spacial score (nSPS) is 21.4. The SMILES string of the molecule is Cc1c(C(=O)N2CCC(CO)CC2)oc2c1C(=O)CC(C)(C)C2. The maximum Gasteiger partial charge on any atom is 0.289 e. The largest absolute Gasteiger partial charge is 0.455 e. The number of carbonyl (C=O) groups excluding carboxylic acids is 2. The van der Waals surface area contributed by atoms with Crippen LogP contribution in [0.1, 0.15) is 65.3 Å². The van der Waals surface area contributed by atoms with E-state index in [1.165, 1.54) is 0 Å². The van der Waals surface area contributed by atoms with Crippen LogP contribution in [0.4, 0.5) is 0 Å². The van der Waals surface area contributed by atoms with Crippen LogP contribution in [-0.4, -0.2) is 41.4 Å². The first-order valence-corrected chi connectivity index (χ1v) is 8.38. The van der Waals surface area contributed by atoms with E-state index in [9.17, 15) is 14.7 Å². The molecular formula is C18H25NO4. The van der Waals surface area contributed by atoms with Crippen molar-refractivity contribution in [2.45, 2.75) is 46.5 Å². The van der Waals surface area contributed by atoms with Crippen LogP contribution in [0.3, 0.4) is 0 Å². The molecule has 5 heteroatoms. The zero-order valence-electron chi connectivity index (χ0n) is 14.1. The zero-order valence-corrected chi connectivity index (χ0v) is 14.1. The van der Waals surface area contributed by atoms with E-state index in [0.717, 1.165) is 12.8 Å². The molecule has 1 aliphatic heterocycles. The number of amides is 1. The Kier molecular flexibility index (Phi) is 4.08. The summed E-state index contributed by atoms with van der Waals surface area (Å²) in [4.78, 5) is 26.9. The Hall–Kier alpha value is -1.62. The molecule has 5 nitrogen and oxygen atoms in total. The van der Waals surface area contributed by atoms with Gasteiger partial charge in [0.2, 0.25) is 0 Å². The van der Waals surface area contributed by atoms with Gasteiger partial charge in [-0.25, -0.2) is 0 Å². The summed E-state index contributed by atoms with van der Waals surface area (Å²) >= 11 is 0. The van der Waals surface area contributed by atoms with Crippen LogP contribution in [0.15, 0.2) is 4.42 Å². The number of furan rings is 1. The first-order valence-electron chi connectivity index (χ1n) is 8.38. The molecule has 0 atom stereocenters. The van der Waals surface area contributed by atoms with Crippen molar-refractivity contribution in [3.8, 4) is 0 Å². The number of aliphatic hydroxyl groups is 1. The predicted octanol–water partition coefficient (Wildman–Crippen LogP) is 2.59. The van der Waals surface area contributed by atoms with Gasteiger partial charge in [0.1, 0.15) is 5.76 Å². The van der Waals surface area contributed by atoms with E-state index in [0.29, 0.717) is 48.6 Å². The molecular weight excluding hydrogens is 294 g/mol. The van der Waals surface area contributed by atoms with Crippen LogP contribution in [0.5, 0.6) is 0 Å². The lowest BCUT2D eigenvalue weighted by Gasteiger charge is -2.30. The first-order chi connectivity index (χ1) is 10.8. The molecule has 1 aromatic heterocycles. The molecule has 1 aromatic rings. The van der Waals surface area contributed by atoms with Gasteiger partial charge in [0.25, 0.3) is 5.91 Å². The Bertz CT molecular complexity index is 636. The van der Waals surface area contributed by atoms with Crippen molar-refractivity contribution >= 4 is 11.7 Å². The van der Waals surface area contributed by atoms with E-state index in [1.807, 2.05) is 20.8 Å². The fourth-order valence-corrected chi connectivity index (χ4v) is 3.75. The van der Waals surface area contributed by atoms with Crippen LogP contribution < -0.4 is 0 Å². The van der Waals surface area contributed by atoms with Gasteiger partial charge in [-0.1, -0.05) is 13.8 Å². The average molecular weight is 319 g/mol. The van der Waals surface area contributed by atoms with Crippen molar-refractivity contribution in [2.75, 3.05) is 19.7 Å². The molecule has 126 valence electrons. The van der Waals surface area contributed by atoms with Gasteiger partial charge in [-0.05, 0) is 31.1 Å². The van der Waals surface area contributed by atoms with Crippen LogP contribution in [-0.2, 0) is 6.42 Å². The maximum absolute atomic E-state index is 12.8. The Morgan fingerprint density at radius 2 is 1.96 bits per heavy atom. The average Bonchev–Trinajstić information content (AvgIpc) is 2.82. The first kappa shape index (κ1) is 16.2. The van der Waals surface area contributed by atoms with Crippen molar-refractivity contribution in [3.63, 3.8) is 0 Å². The molecule has 1 N–H and O–H groups in total. The topological polar surface area (TPSA) is 70.8 Å². The number of rotatable bonds is 2. The number of fused-ring (bicyclic) bond motifs is 1. The number of piperidine rings is 1. The van der Waals surface area contributed by atoms with Gasteiger partial charge in [0.05, 0.1) is 5.56 Å². The molecule has 0 saturated carbocycles. The third-order valence-electron chi connectivity index (χ3n) is 5.13. The number of hydrogen-bond acceptors (Lipinski definition) is 4. The number of likely N-dealkylation sites (tertiary alicyclic amines) is 1. The summed E-state index contributed by atoms with van der Waals surface area (Å²) in [7, 11) is 0. The number of carbonyl (C=O) groups is 2. The van der Waals surface area contributed by atoms with Gasteiger partial charge in [0.15, 0.2) is 11.5 Å². The summed E-state index contributed by atoms with van der Waals surface area (Å²) in [6.45, 7) is 7.36. The minimum absolute atomic E-state index is 0.0792. The van der Waals surface area contributed by atoms with Crippen molar-refractivity contribution in [1.29, 1.82) is 0 Å². The molecule has 2 heterocycles. The minimum Gasteiger partial charge on any atom is -0.455 e. The molecule has 0 spiro atoms. The molecule has 2 aliphatic rings. The van der Waals surface area contributed by atoms with E-state index >= 15 is 0 Å². The van der Waals surface area contributed by atoms with Crippen molar-refractivity contribution in [2.24, 2.45) is 11.3 Å². The Morgan fingerprint density at radius 3 is 2.57 bits per heavy atom. The van der Waals surface area contributed by atoms with Gasteiger partial charge in [-0.3, -0.25) is 9.59 Å². The molecule has 3 rings (SSSR count). The van der Waals surface area contributed by atoms with Gasteiger partial charge < -0.3 is 14.4 Å². The minimum atomic E-state index is -0.126. The number of ketones is 1. The van der Waals surface area contributed by atoms with Crippen molar-refractivity contribution in [3.05, 3.63) is 22.6 Å². The second-order valence-corrected chi connectivity index (χ2v) is 7.71. The highest BCUT2D eigenvalue weighted by Crippen LogP contribution is 2.38. The fraction of sp³-hybridized carbons (Fsp3) is 0.667. The fourth-order valence-electron chi connectivity index (χ4n) is 3.75. The number of Topliss-reactive ketones (excluding diaryl/α,β-unsaturated/α-hetero) is 1. The summed E-state index contributed by atoms with van der Waals surface area (Å²) in [5.41, 5.74) is 1.20. The molecule has 0 bridgehead atoms. The second kappa shape index (κ2) is 5.78. The van der Waals surface area contributed by atoms with Crippen LogP contribution in [0.2, 0.25) is 0 Å². The summed E-state index contributed by atoms with van der Waals surface area (Å²) in [6.07, 6.45) is 2.81. The van der Waals surface area contributed by atoms with Crippen molar-refractivity contribution < 1.29 is 19.1 Å². The molecule has 1 fully saturated rings. The van der Waals surface area contributed by atoms with Crippen molar-refractivity contribution in [1.82, 2.24) is 4.90 Å². The van der Waals surface area contributed by atoms with E-state index in [2.05, 4.69) is 0 Å². The Balaban J connectivity index is 1.85. The van der Waals surface area contributed by atoms with E-state index in [4.69, 9.17) is 4.42 Å². The lowest BCUT2D eigenvalue weighted by atomic mass is 9.76. The molecule has 0 radical (unpaired) electrons. The molecule has 0 unspecified atom stereocenters. The number of nitrogens with zero attached hydrogens (tertiary/aromatic N) is 1. The monoisotopic (exact) mass is 319 g/mol. The summed E-state index contributed by atoms with van der Waals surface area (Å²) in [6, 6.07) is 0. The Labute approximate surface area is 136 Å². The van der Waals surface area contributed by atoms with E-state index in [-0.39, 0.29) is 29.6 Å². The second-order valence-electron chi connectivity index (χ2n) is 7.71. The van der Waals surface area contributed by atoms with E-state index < -0.39 is 0 Å². The summed E-state index contributed by atoms with van der Waals surface area (Å²) in [5, 5.41) is 9.21. The summed E-state index contributed by atoms with van der Waals surface area (Å²) < 4.78 is 5.85. The smallest absolute Gasteiger partial charge is 0.289 e. The van der Waals surface area contributed by atoms with E-state index in [1.54, 1.807) is 4.90 Å². The number of aliphatic hydroxyl groups excluding tert-OH is 1. The lowest BCUT2D eigenvalue weighted by molar-refractivity contribution is 0.0615. The predicted molar refractivity (Wildman–Crippen MR) is 85.6 cm³/mol. The summed E-state index contributed by atoms with van der Waals surface area (Å²) in [5.74, 6) is 1.22. The third-order valence-corrected chi connectivity index (χ3v) is 5.13. The standard InChI is InChI=1S/C18H25NO4/c1-11-15-13(21)8-18(2,3)9-14(15)23-16(11)17(22)19-6-4-12(10-20)5-7-19/h12,20H,4-10H2,1-3H3. The molecule has 23 heavy (non-hydrogen) atoms. The highest BCUT2D eigenvalue weighted by molar-refractivity contribution is 6.03. The Morgan fingerprint density at radius 1 is 1.30 bits per heavy atom. The highest BCUT2D eigenvalue weighted by atomic mass is 16.4. The van der Waals surface area contributed by atoms with Gasteiger partial charge in [0, 0.05) is 38.1 Å². The quantitative estimate of drug-likeness (QED) is 0.909. The molecule has 0 aromatic carbocycles. The lowest BCUT2D eigenvalue weighted by Crippen LogP contribution is -2.39. The van der Waals surface area contributed by atoms with Crippen LogP contribution in [0.25, 0.3) is 0 Å². The van der Waals surface area contributed by atoms with Crippen LogP contribution in [0, 0.1) is 18.3 Å². The van der Waals surface area contributed by atoms with Gasteiger partial charge >= 0.3 is 0 Å². The third kappa shape index (κ3) is 2.94. The van der Waals surface area contributed by atoms with Gasteiger partial charge in [-0.2, -0.15) is 0 Å². The molecule has 1 saturated heterocycles. The molecule has 1 amide bonds. The van der Waals surface area contributed by atoms with Gasteiger partial charge in [-0.15, -0.1) is 0 Å². The van der Waals surface area contributed by atoms with Crippen LogP contribution >= 0.6 is 0 Å². The number of hydrogen-bond donors (Lipinski definition) is 1. The zero-order chi connectivity index (χ0) is 16.8. The molecule has 1 aliphatic carbocycles.